The standard InChI is InChI=1S/C14H16F3N3O/c1-9-2-3-10(8-21)7-20(9)13-11(6-18)4-5-12(19-13)14(15,16)17/h4-5,9-10,21H,2-3,7-8H2,1H3/t9-,10-/m1/s1. The normalized spacial score (nSPS) is 23.0. The van der Waals surface area contributed by atoms with Crippen molar-refractivity contribution < 1.29 is 18.3 Å². The molecule has 1 aliphatic rings. The van der Waals surface area contributed by atoms with Gasteiger partial charge in [-0.2, -0.15) is 18.4 Å². The van der Waals surface area contributed by atoms with Gasteiger partial charge in [-0.1, -0.05) is 0 Å². The van der Waals surface area contributed by atoms with Gasteiger partial charge in [-0.05, 0) is 37.8 Å². The minimum absolute atomic E-state index is 0.0101. The summed E-state index contributed by atoms with van der Waals surface area (Å²) in [6.45, 7) is 2.27. The number of nitrogens with zero attached hydrogens (tertiary/aromatic N) is 3. The summed E-state index contributed by atoms with van der Waals surface area (Å²) in [4.78, 5) is 5.35. The first-order valence-electron chi connectivity index (χ1n) is 6.72. The van der Waals surface area contributed by atoms with Crippen molar-refractivity contribution in [1.29, 1.82) is 5.26 Å². The fraction of sp³-hybridized carbons (Fsp3) is 0.571. The number of anilines is 1. The van der Waals surface area contributed by atoms with Gasteiger partial charge >= 0.3 is 6.18 Å². The van der Waals surface area contributed by atoms with Crippen LogP contribution in [0.2, 0.25) is 0 Å². The largest absolute Gasteiger partial charge is 0.433 e. The number of pyridine rings is 1. The molecule has 1 aromatic heterocycles. The summed E-state index contributed by atoms with van der Waals surface area (Å²) >= 11 is 0. The Morgan fingerprint density at radius 2 is 2.14 bits per heavy atom. The molecule has 0 amide bonds. The van der Waals surface area contributed by atoms with Crippen LogP contribution in [0.5, 0.6) is 0 Å². The van der Waals surface area contributed by atoms with Crippen LogP contribution in [-0.4, -0.2) is 29.3 Å². The molecule has 0 aliphatic carbocycles. The van der Waals surface area contributed by atoms with Crippen LogP contribution in [0.3, 0.4) is 0 Å². The first kappa shape index (κ1) is 15.6. The van der Waals surface area contributed by atoms with Gasteiger partial charge in [0.1, 0.15) is 17.6 Å². The van der Waals surface area contributed by atoms with Crippen molar-refractivity contribution in [2.24, 2.45) is 5.92 Å². The number of aliphatic hydroxyl groups excluding tert-OH is 1. The third-order valence-corrected chi connectivity index (χ3v) is 3.80. The van der Waals surface area contributed by atoms with Crippen molar-refractivity contribution in [3.05, 3.63) is 23.4 Å². The van der Waals surface area contributed by atoms with E-state index >= 15 is 0 Å². The Morgan fingerprint density at radius 1 is 1.43 bits per heavy atom. The smallest absolute Gasteiger partial charge is 0.396 e. The number of hydrogen-bond donors (Lipinski definition) is 1. The van der Waals surface area contributed by atoms with Crippen molar-refractivity contribution in [3.63, 3.8) is 0 Å². The molecule has 0 spiro atoms. The summed E-state index contributed by atoms with van der Waals surface area (Å²) in [7, 11) is 0. The first-order valence-corrected chi connectivity index (χ1v) is 6.72. The van der Waals surface area contributed by atoms with Gasteiger partial charge < -0.3 is 10.0 Å². The Balaban J connectivity index is 2.43. The van der Waals surface area contributed by atoms with Crippen LogP contribution < -0.4 is 4.90 Å². The van der Waals surface area contributed by atoms with Crippen molar-refractivity contribution in [2.75, 3.05) is 18.1 Å². The van der Waals surface area contributed by atoms with E-state index in [2.05, 4.69) is 4.98 Å². The number of nitriles is 1. The Kier molecular flexibility index (Phi) is 4.37. The van der Waals surface area contributed by atoms with E-state index in [0.717, 1.165) is 25.0 Å². The van der Waals surface area contributed by atoms with Crippen LogP contribution in [0.15, 0.2) is 12.1 Å². The van der Waals surface area contributed by atoms with E-state index in [1.807, 2.05) is 13.0 Å². The molecule has 1 aromatic rings. The molecule has 0 radical (unpaired) electrons. The fourth-order valence-electron chi connectivity index (χ4n) is 2.54. The Morgan fingerprint density at radius 3 is 2.71 bits per heavy atom. The van der Waals surface area contributed by atoms with Crippen LogP contribution in [0.4, 0.5) is 19.0 Å². The highest BCUT2D eigenvalue weighted by Crippen LogP contribution is 2.33. The number of hydrogen-bond acceptors (Lipinski definition) is 4. The van der Waals surface area contributed by atoms with Gasteiger partial charge in [0.2, 0.25) is 0 Å². The number of alkyl halides is 3. The van der Waals surface area contributed by atoms with Crippen molar-refractivity contribution in [2.45, 2.75) is 32.0 Å². The molecule has 4 nitrogen and oxygen atoms in total. The number of halogens is 3. The molecular formula is C14H16F3N3O. The summed E-state index contributed by atoms with van der Waals surface area (Å²) < 4.78 is 38.4. The maximum atomic E-state index is 12.8. The summed E-state index contributed by atoms with van der Waals surface area (Å²) in [5.41, 5.74) is -0.886. The molecule has 2 heterocycles. The lowest BCUT2D eigenvalue weighted by Gasteiger charge is -2.38. The first-order chi connectivity index (χ1) is 9.86. The van der Waals surface area contributed by atoms with Gasteiger partial charge in [0.15, 0.2) is 0 Å². The number of aliphatic hydroxyl groups is 1. The molecule has 0 aromatic carbocycles. The zero-order valence-corrected chi connectivity index (χ0v) is 11.6. The highest BCUT2D eigenvalue weighted by atomic mass is 19.4. The minimum atomic E-state index is -4.54. The van der Waals surface area contributed by atoms with Crippen molar-refractivity contribution in [3.8, 4) is 6.07 Å². The molecule has 1 aliphatic heterocycles. The molecule has 0 bridgehead atoms. The predicted octanol–water partition coefficient (Wildman–Crippen LogP) is 2.57. The van der Waals surface area contributed by atoms with E-state index in [1.54, 1.807) is 4.90 Å². The van der Waals surface area contributed by atoms with Gasteiger partial charge in [-0.3, -0.25) is 0 Å². The van der Waals surface area contributed by atoms with Gasteiger partial charge in [-0.15, -0.1) is 0 Å². The molecule has 7 heteroatoms. The lowest BCUT2D eigenvalue weighted by Crippen LogP contribution is -2.44. The van der Waals surface area contributed by atoms with Crippen LogP contribution in [-0.2, 0) is 6.18 Å². The van der Waals surface area contributed by atoms with Crippen LogP contribution >= 0.6 is 0 Å². The molecule has 1 N–H and O–H groups in total. The topological polar surface area (TPSA) is 60.1 Å². The maximum Gasteiger partial charge on any atom is 0.433 e. The summed E-state index contributed by atoms with van der Waals surface area (Å²) in [5, 5.41) is 18.4. The van der Waals surface area contributed by atoms with Crippen LogP contribution in [0.25, 0.3) is 0 Å². The van der Waals surface area contributed by atoms with Gasteiger partial charge in [-0.25, -0.2) is 4.98 Å². The quantitative estimate of drug-likeness (QED) is 0.912. The molecule has 1 saturated heterocycles. The van der Waals surface area contributed by atoms with Gasteiger partial charge in [0, 0.05) is 19.2 Å². The SMILES string of the molecule is C[C@@H]1CC[C@@H](CO)CN1c1nc(C(F)(F)F)ccc1C#N. The third kappa shape index (κ3) is 3.27. The fourth-order valence-corrected chi connectivity index (χ4v) is 2.54. The van der Waals surface area contributed by atoms with E-state index in [-0.39, 0.29) is 29.9 Å². The van der Waals surface area contributed by atoms with Gasteiger partial charge in [0.25, 0.3) is 0 Å². The minimum Gasteiger partial charge on any atom is -0.396 e. The second-order valence-electron chi connectivity index (χ2n) is 5.30. The zero-order valence-electron chi connectivity index (χ0n) is 11.6. The molecule has 2 rings (SSSR count). The van der Waals surface area contributed by atoms with Gasteiger partial charge in [0.05, 0.1) is 5.56 Å². The Labute approximate surface area is 120 Å². The van der Waals surface area contributed by atoms with Crippen molar-refractivity contribution >= 4 is 5.82 Å². The summed E-state index contributed by atoms with van der Waals surface area (Å²) in [6, 6.07) is 3.85. The number of rotatable bonds is 2. The average Bonchev–Trinajstić information content (AvgIpc) is 2.46. The zero-order chi connectivity index (χ0) is 15.6. The summed E-state index contributed by atoms with van der Waals surface area (Å²) in [6.07, 6.45) is -2.98. The Bertz CT molecular complexity index is 553. The molecule has 114 valence electrons. The van der Waals surface area contributed by atoms with E-state index in [4.69, 9.17) is 5.26 Å². The van der Waals surface area contributed by atoms with Crippen LogP contribution in [0.1, 0.15) is 31.0 Å². The lowest BCUT2D eigenvalue weighted by molar-refractivity contribution is -0.141. The lowest BCUT2D eigenvalue weighted by atomic mass is 9.93. The summed E-state index contributed by atoms with van der Waals surface area (Å²) in [5.74, 6) is 0.0436. The van der Waals surface area contributed by atoms with E-state index in [0.29, 0.717) is 6.54 Å². The molecule has 1 fully saturated rings. The van der Waals surface area contributed by atoms with Crippen molar-refractivity contribution in [1.82, 2.24) is 4.98 Å². The highest BCUT2D eigenvalue weighted by Gasteiger charge is 2.35. The monoisotopic (exact) mass is 299 g/mol. The second kappa shape index (κ2) is 5.90. The van der Waals surface area contributed by atoms with Crippen LogP contribution in [0, 0.1) is 17.2 Å². The molecule has 0 saturated carbocycles. The molecule has 2 atom stereocenters. The van der Waals surface area contributed by atoms with E-state index in [1.165, 1.54) is 0 Å². The molecule has 21 heavy (non-hydrogen) atoms. The van der Waals surface area contributed by atoms with E-state index in [9.17, 15) is 18.3 Å². The highest BCUT2D eigenvalue weighted by molar-refractivity contribution is 5.55. The maximum absolute atomic E-state index is 12.8. The second-order valence-corrected chi connectivity index (χ2v) is 5.30. The average molecular weight is 299 g/mol. The third-order valence-electron chi connectivity index (χ3n) is 3.80. The van der Waals surface area contributed by atoms with E-state index < -0.39 is 11.9 Å². The Hall–Kier alpha value is -1.81. The molecular weight excluding hydrogens is 283 g/mol. The predicted molar refractivity (Wildman–Crippen MR) is 70.6 cm³/mol. The molecule has 0 unspecified atom stereocenters. The number of aromatic nitrogens is 1. The number of piperidine rings is 1.